The van der Waals surface area contributed by atoms with Crippen LogP contribution in [0.25, 0.3) is 0 Å². The van der Waals surface area contributed by atoms with Gasteiger partial charge >= 0.3 is 6.09 Å². The predicted octanol–water partition coefficient (Wildman–Crippen LogP) is 1.24. The van der Waals surface area contributed by atoms with E-state index in [-0.39, 0.29) is 19.4 Å². The lowest BCUT2D eigenvalue weighted by atomic mass is 10.0. The van der Waals surface area contributed by atoms with Gasteiger partial charge in [-0.3, -0.25) is 19.1 Å². The van der Waals surface area contributed by atoms with Crippen molar-refractivity contribution in [2.24, 2.45) is 5.92 Å². The molecule has 4 amide bonds. The molecular weight excluding hydrogens is 540 g/mol. The minimum atomic E-state index is -3.93. The zero-order valence-electron chi connectivity index (χ0n) is 23.7. The van der Waals surface area contributed by atoms with E-state index in [1.165, 1.54) is 4.90 Å². The average Bonchev–Trinajstić information content (AvgIpc) is 3.71. The number of alkyl carbamates (subject to hydrolysis) is 1. The van der Waals surface area contributed by atoms with Crippen LogP contribution in [0.15, 0.2) is 12.2 Å². The predicted molar refractivity (Wildman–Crippen MR) is 145 cm³/mol. The van der Waals surface area contributed by atoms with E-state index in [9.17, 15) is 32.7 Å². The van der Waals surface area contributed by atoms with Crippen LogP contribution in [0.1, 0.15) is 85.5 Å². The Balaban J connectivity index is 1.57. The standard InChI is InChI=1S/C27H42N4O8S/c1-25(2,3)39-24(36)28-19-11-9-7-5-6-8-10-17-15-27(17,23(35)30-40(37,38)26(4)12-13-26)29-21(33)20-14-18(32)16-31(20)22(19)34/h8,10,17-20,32H,5-7,9,11-16H2,1-4H3,(H,28,36)(H,29,33)(H,30,35)/t17-,18-,19+,20+,27-/m1/s1. The van der Waals surface area contributed by atoms with Crippen LogP contribution in [0.4, 0.5) is 4.79 Å². The molecule has 224 valence electrons. The molecule has 0 radical (unpaired) electrons. The van der Waals surface area contributed by atoms with Crippen molar-refractivity contribution in [3.8, 4) is 0 Å². The second-order valence-electron chi connectivity index (χ2n) is 12.8. The molecule has 2 aliphatic heterocycles. The maximum absolute atomic E-state index is 13.7. The molecule has 0 unspecified atom stereocenters. The molecule has 0 bridgehead atoms. The average molecular weight is 583 g/mol. The van der Waals surface area contributed by atoms with E-state index in [0.717, 1.165) is 12.8 Å². The number of amides is 4. The van der Waals surface area contributed by atoms with Crippen molar-refractivity contribution in [3.63, 3.8) is 0 Å². The topological polar surface area (TPSA) is 171 Å². The Kier molecular flexibility index (Phi) is 8.30. The summed E-state index contributed by atoms with van der Waals surface area (Å²) in [5.74, 6) is -2.38. The highest BCUT2D eigenvalue weighted by atomic mass is 32.2. The number of sulfonamides is 1. The van der Waals surface area contributed by atoms with Gasteiger partial charge in [-0.1, -0.05) is 25.0 Å². The van der Waals surface area contributed by atoms with Crippen LogP contribution in [-0.4, -0.2) is 82.9 Å². The number of ether oxygens (including phenoxy) is 1. The Morgan fingerprint density at radius 1 is 1.18 bits per heavy atom. The first kappa shape index (κ1) is 30.3. The zero-order valence-corrected chi connectivity index (χ0v) is 24.5. The van der Waals surface area contributed by atoms with Crippen LogP contribution in [0, 0.1) is 5.92 Å². The number of aliphatic hydroxyl groups excluding tert-OH is 1. The van der Waals surface area contributed by atoms with Crippen molar-refractivity contribution in [3.05, 3.63) is 12.2 Å². The second kappa shape index (κ2) is 11.0. The summed E-state index contributed by atoms with van der Waals surface area (Å²) in [4.78, 5) is 54.4. The number of fused-ring (bicyclic) bond motifs is 2. The highest BCUT2D eigenvalue weighted by molar-refractivity contribution is 7.91. The van der Waals surface area contributed by atoms with E-state index >= 15 is 0 Å². The lowest BCUT2D eigenvalue weighted by Gasteiger charge is -2.30. The first-order chi connectivity index (χ1) is 18.6. The summed E-state index contributed by atoms with van der Waals surface area (Å²) in [5, 5.41) is 15.8. The highest BCUT2D eigenvalue weighted by Crippen LogP contribution is 2.47. The molecule has 2 aliphatic carbocycles. The van der Waals surface area contributed by atoms with Gasteiger partial charge in [0.1, 0.15) is 23.2 Å². The summed E-state index contributed by atoms with van der Waals surface area (Å²) in [6.07, 6.45) is 6.36. The van der Waals surface area contributed by atoms with Crippen molar-refractivity contribution in [2.45, 2.75) is 120 Å². The van der Waals surface area contributed by atoms with Gasteiger partial charge in [0, 0.05) is 18.9 Å². The van der Waals surface area contributed by atoms with E-state index in [4.69, 9.17) is 4.74 Å². The van der Waals surface area contributed by atoms with Gasteiger partial charge in [0.25, 0.3) is 5.91 Å². The van der Waals surface area contributed by atoms with Crippen molar-refractivity contribution in [2.75, 3.05) is 6.54 Å². The molecule has 12 nitrogen and oxygen atoms in total. The van der Waals surface area contributed by atoms with Gasteiger partial charge < -0.3 is 25.4 Å². The van der Waals surface area contributed by atoms with Gasteiger partial charge in [-0.25, -0.2) is 13.2 Å². The van der Waals surface area contributed by atoms with Gasteiger partial charge in [-0.15, -0.1) is 0 Å². The smallest absolute Gasteiger partial charge is 0.408 e. The fraction of sp³-hybridized carbons (Fsp3) is 0.778. The zero-order chi connectivity index (χ0) is 29.5. The number of nitrogens with one attached hydrogen (secondary N) is 3. The van der Waals surface area contributed by atoms with Gasteiger partial charge in [0.2, 0.25) is 21.8 Å². The molecule has 4 N–H and O–H groups in total. The molecule has 5 atom stereocenters. The Bertz CT molecular complexity index is 1180. The van der Waals surface area contributed by atoms with Crippen molar-refractivity contribution < 1.29 is 37.4 Å². The van der Waals surface area contributed by atoms with E-state index in [1.54, 1.807) is 27.7 Å². The number of carbonyl (C=O) groups excluding carboxylic acids is 4. The molecule has 0 aromatic heterocycles. The summed E-state index contributed by atoms with van der Waals surface area (Å²) >= 11 is 0. The lowest BCUT2D eigenvalue weighted by Crippen LogP contribution is -2.58. The number of rotatable bonds is 4. The summed E-state index contributed by atoms with van der Waals surface area (Å²) in [5.41, 5.74) is -2.24. The molecule has 0 aromatic rings. The number of hydrogen-bond acceptors (Lipinski definition) is 8. The van der Waals surface area contributed by atoms with E-state index in [2.05, 4.69) is 15.4 Å². The van der Waals surface area contributed by atoms with E-state index in [0.29, 0.717) is 32.1 Å². The minimum Gasteiger partial charge on any atom is -0.444 e. The first-order valence-corrected chi connectivity index (χ1v) is 15.6. The van der Waals surface area contributed by atoms with Crippen LogP contribution in [0.2, 0.25) is 0 Å². The molecule has 2 saturated carbocycles. The van der Waals surface area contributed by atoms with E-state index in [1.807, 2.05) is 12.2 Å². The third-order valence-corrected chi connectivity index (χ3v) is 10.3. The molecule has 4 rings (SSSR count). The van der Waals surface area contributed by atoms with Crippen LogP contribution in [0.3, 0.4) is 0 Å². The number of hydrogen-bond donors (Lipinski definition) is 4. The Hall–Kier alpha value is -2.67. The summed E-state index contributed by atoms with van der Waals surface area (Å²) in [6.45, 7) is 6.60. The fourth-order valence-corrected chi connectivity index (χ4v) is 6.64. The lowest BCUT2D eigenvalue weighted by molar-refractivity contribution is -0.141. The van der Waals surface area contributed by atoms with Gasteiger partial charge in [-0.05, 0) is 66.2 Å². The third-order valence-electron chi connectivity index (χ3n) is 8.18. The Morgan fingerprint density at radius 3 is 2.52 bits per heavy atom. The molecular formula is C27H42N4O8S. The number of aliphatic hydroxyl groups is 1. The summed E-state index contributed by atoms with van der Waals surface area (Å²) in [7, 11) is -3.93. The maximum Gasteiger partial charge on any atom is 0.408 e. The normalized spacial score (nSPS) is 32.5. The minimum absolute atomic E-state index is 0.0503. The third kappa shape index (κ3) is 6.62. The summed E-state index contributed by atoms with van der Waals surface area (Å²) < 4.78 is 32.1. The molecule has 3 fully saturated rings. The number of carbonyl (C=O) groups is 4. The van der Waals surface area contributed by atoms with Crippen LogP contribution >= 0.6 is 0 Å². The van der Waals surface area contributed by atoms with E-state index < -0.39 is 73.8 Å². The monoisotopic (exact) mass is 582 g/mol. The Morgan fingerprint density at radius 2 is 1.88 bits per heavy atom. The second-order valence-corrected chi connectivity index (χ2v) is 15.0. The van der Waals surface area contributed by atoms with Crippen molar-refractivity contribution in [1.29, 1.82) is 0 Å². The van der Waals surface area contributed by atoms with Crippen molar-refractivity contribution >= 4 is 33.8 Å². The van der Waals surface area contributed by atoms with Crippen LogP contribution < -0.4 is 15.4 Å². The molecule has 13 heteroatoms. The molecule has 40 heavy (non-hydrogen) atoms. The summed E-state index contributed by atoms with van der Waals surface area (Å²) in [6, 6.07) is -2.06. The SMILES string of the molecule is CC(C)(C)OC(=O)N[C@H]1CCCCCC=C[C@@H]2C[C@@]2(C(=O)NS(=O)(=O)C2(C)CC2)NC(=O)[C@@H]2C[C@@H](O)CN2C1=O. The number of nitrogens with zero attached hydrogens (tertiary/aromatic N) is 1. The van der Waals surface area contributed by atoms with Crippen LogP contribution in [-0.2, 0) is 29.1 Å². The molecule has 0 aromatic carbocycles. The highest BCUT2D eigenvalue weighted by Gasteiger charge is 2.63. The quantitative estimate of drug-likeness (QED) is 0.359. The Labute approximate surface area is 235 Å². The fourth-order valence-electron chi connectivity index (χ4n) is 5.33. The molecule has 4 aliphatic rings. The van der Waals surface area contributed by atoms with Crippen LogP contribution in [0.5, 0.6) is 0 Å². The molecule has 2 heterocycles. The van der Waals surface area contributed by atoms with Crippen molar-refractivity contribution in [1.82, 2.24) is 20.3 Å². The van der Waals surface area contributed by atoms with Gasteiger partial charge in [-0.2, -0.15) is 0 Å². The largest absolute Gasteiger partial charge is 0.444 e. The molecule has 0 spiro atoms. The maximum atomic E-state index is 13.7. The first-order valence-electron chi connectivity index (χ1n) is 14.1. The van der Waals surface area contributed by atoms with Gasteiger partial charge in [0.15, 0.2) is 0 Å². The molecule has 1 saturated heterocycles. The van der Waals surface area contributed by atoms with Gasteiger partial charge in [0.05, 0.1) is 10.9 Å². The number of allylic oxidation sites excluding steroid dienone is 1.